The van der Waals surface area contributed by atoms with Gasteiger partial charge in [-0.1, -0.05) is 78.9 Å². The summed E-state index contributed by atoms with van der Waals surface area (Å²) in [6.45, 7) is 3.13. The Labute approximate surface area is 172 Å². The maximum atomic E-state index is 5.11. The van der Waals surface area contributed by atoms with Crippen LogP contribution in [0.25, 0.3) is 5.69 Å². The van der Waals surface area contributed by atoms with E-state index >= 15 is 0 Å². The first-order valence-electron chi connectivity index (χ1n) is 10.3. The fourth-order valence-corrected chi connectivity index (χ4v) is 4.38. The van der Waals surface area contributed by atoms with Crippen LogP contribution in [-0.4, -0.2) is 16.3 Å². The predicted octanol–water partition coefficient (Wildman–Crippen LogP) is 5.52. The van der Waals surface area contributed by atoms with E-state index in [4.69, 9.17) is 5.10 Å². The Bertz CT molecular complexity index is 1070. The van der Waals surface area contributed by atoms with Crippen LogP contribution in [0.5, 0.6) is 0 Å². The summed E-state index contributed by atoms with van der Waals surface area (Å²) in [5, 5.41) is 8.68. The largest absolute Gasteiger partial charge is 0.369 e. The van der Waals surface area contributed by atoms with Gasteiger partial charge in [-0.05, 0) is 36.1 Å². The van der Waals surface area contributed by atoms with Gasteiger partial charge >= 0.3 is 0 Å². The van der Waals surface area contributed by atoms with Crippen LogP contribution in [0, 0.1) is 6.92 Å². The Kier molecular flexibility index (Phi) is 4.65. The molecule has 1 aromatic heterocycles. The number of hydrogen-bond donors (Lipinski definition) is 1. The standard InChI is InChI=1S/C26H25N3/c1-19-10-8-9-15-25(19)29-26-22(16-17-27-26)24(28-29)18-23(20-11-4-2-5-12-20)21-13-6-3-7-14-21/h2-15,23,27H,16-18H2,1H3. The number of nitrogens with one attached hydrogen (secondary N) is 1. The maximum Gasteiger partial charge on any atom is 0.133 e. The molecule has 1 aliphatic heterocycles. The predicted molar refractivity (Wildman–Crippen MR) is 119 cm³/mol. The summed E-state index contributed by atoms with van der Waals surface area (Å²) < 4.78 is 2.11. The van der Waals surface area contributed by atoms with E-state index in [0.29, 0.717) is 5.92 Å². The molecule has 3 aromatic carbocycles. The minimum absolute atomic E-state index is 0.294. The van der Waals surface area contributed by atoms with Crippen LogP contribution in [-0.2, 0) is 12.8 Å². The average Bonchev–Trinajstić information content (AvgIpc) is 3.37. The van der Waals surface area contributed by atoms with Crippen molar-refractivity contribution in [3.8, 4) is 5.69 Å². The number of hydrogen-bond acceptors (Lipinski definition) is 2. The van der Waals surface area contributed by atoms with Gasteiger partial charge in [-0.25, -0.2) is 4.68 Å². The molecule has 0 bridgehead atoms. The van der Waals surface area contributed by atoms with Gasteiger partial charge in [0.15, 0.2) is 0 Å². The highest BCUT2D eigenvalue weighted by molar-refractivity contribution is 5.58. The minimum Gasteiger partial charge on any atom is -0.369 e. The summed E-state index contributed by atoms with van der Waals surface area (Å²) in [5.74, 6) is 1.46. The smallest absolute Gasteiger partial charge is 0.133 e. The van der Waals surface area contributed by atoms with E-state index in [1.54, 1.807) is 0 Å². The van der Waals surface area contributed by atoms with Crippen LogP contribution in [0.1, 0.15) is 33.9 Å². The van der Waals surface area contributed by atoms with Crippen molar-refractivity contribution >= 4 is 5.82 Å². The third-order valence-electron chi connectivity index (χ3n) is 5.88. The third kappa shape index (κ3) is 3.33. The van der Waals surface area contributed by atoms with Crippen LogP contribution < -0.4 is 5.32 Å². The molecule has 0 saturated heterocycles. The molecule has 0 spiro atoms. The molecule has 0 atom stereocenters. The molecule has 0 radical (unpaired) electrons. The van der Waals surface area contributed by atoms with Gasteiger partial charge in [-0.15, -0.1) is 0 Å². The van der Waals surface area contributed by atoms with Crippen LogP contribution in [0.4, 0.5) is 5.82 Å². The maximum absolute atomic E-state index is 5.11. The SMILES string of the molecule is Cc1ccccc1-n1nc(CC(c2ccccc2)c2ccccc2)c2c1NCC2. The lowest BCUT2D eigenvalue weighted by molar-refractivity contribution is 0.744. The molecule has 1 aliphatic rings. The highest BCUT2D eigenvalue weighted by Crippen LogP contribution is 2.34. The van der Waals surface area contributed by atoms with Gasteiger partial charge in [-0.3, -0.25) is 0 Å². The van der Waals surface area contributed by atoms with Gasteiger partial charge in [0.25, 0.3) is 0 Å². The zero-order valence-electron chi connectivity index (χ0n) is 16.7. The van der Waals surface area contributed by atoms with Crippen LogP contribution in [0.2, 0.25) is 0 Å². The number of benzene rings is 3. The number of rotatable bonds is 5. The summed E-state index contributed by atoms with van der Waals surface area (Å²) in [4.78, 5) is 0. The van der Waals surface area contributed by atoms with Crippen molar-refractivity contribution in [1.29, 1.82) is 0 Å². The highest BCUT2D eigenvalue weighted by Gasteiger charge is 2.26. The lowest BCUT2D eigenvalue weighted by Crippen LogP contribution is -2.09. The van der Waals surface area contributed by atoms with Crippen molar-refractivity contribution < 1.29 is 0 Å². The van der Waals surface area contributed by atoms with Crippen molar-refractivity contribution in [1.82, 2.24) is 9.78 Å². The molecule has 0 amide bonds. The van der Waals surface area contributed by atoms with Gasteiger partial charge in [0.1, 0.15) is 5.82 Å². The van der Waals surface area contributed by atoms with Crippen LogP contribution in [0.15, 0.2) is 84.9 Å². The molecule has 3 heteroatoms. The molecule has 4 aromatic rings. The third-order valence-corrected chi connectivity index (χ3v) is 5.88. The van der Waals surface area contributed by atoms with Gasteiger partial charge < -0.3 is 5.32 Å². The number of aryl methyl sites for hydroxylation is 1. The van der Waals surface area contributed by atoms with Crippen LogP contribution in [0.3, 0.4) is 0 Å². The molecule has 1 N–H and O–H groups in total. The second-order valence-corrected chi connectivity index (χ2v) is 7.73. The van der Waals surface area contributed by atoms with E-state index in [9.17, 15) is 0 Å². The van der Waals surface area contributed by atoms with Crippen molar-refractivity contribution in [3.63, 3.8) is 0 Å². The normalized spacial score (nSPS) is 12.8. The van der Waals surface area contributed by atoms with E-state index in [0.717, 1.165) is 30.9 Å². The fraction of sp³-hybridized carbons (Fsp3) is 0.192. The van der Waals surface area contributed by atoms with Crippen LogP contribution >= 0.6 is 0 Å². The lowest BCUT2D eigenvalue weighted by atomic mass is 9.86. The Morgan fingerprint density at radius 1 is 0.862 bits per heavy atom. The molecule has 0 saturated carbocycles. The zero-order chi connectivity index (χ0) is 19.6. The quantitative estimate of drug-likeness (QED) is 0.494. The zero-order valence-corrected chi connectivity index (χ0v) is 16.7. The summed E-state index contributed by atoms with van der Waals surface area (Å²) in [6.07, 6.45) is 1.93. The van der Waals surface area contributed by atoms with Crippen molar-refractivity contribution in [3.05, 3.63) is 113 Å². The van der Waals surface area contributed by atoms with Crippen molar-refractivity contribution in [2.24, 2.45) is 0 Å². The van der Waals surface area contributed by atoms with Gasteiger partial charge in [-0.2, -0.15) is 5.10 Å². The first-order chi connectivity index (χ1) is 14.3. The molecule has 0 fully saturated rings. The Morgan fingerprint density at radius 2 is 1.48 bits per heavy atom. The van der Waals surface area contributed by atoms with Gasteiger partial charge in [0.05, 0.1) is 11.4 Å². The van der Waals surface area contributed by atoms with Crippen molar-refractivity contribution in [2.75, 3.05) is 11.9 Å². The molecule has 29 heavy (non-hydrogen) atoms. The fourth-order valence-electron chi connectivity index (χ4n) is 4.38. The van der Waals surface area contributed by atoms with Gasteiger partial charge in [0, 0.05) is 24.4 Å². The lowest BCUT2D eigenvalue weighted by Gasteiger charge is -2.17. The molecule has 0 unspecified atom stereocenters. The van der Waals surface area contributed by atoms with E-state index < -0.39 is 0 Å². The number of nitrogens with zero attached hydrogens (tertiary/aromatic N) is 2. The first-order valence-corrected chi connectivity index (χ1v) is 10.3. The second kappa shape index (κ2) is 7.59. The number of para-hydroxylation sites is 1. The van der Waals surface area contributed by atoms with E-state index in [2.05, 4.69) is 102 Å². The average molecular weight is 380 g/mol. The number of fused-ring (bicyclic) bond motifs is 1. The Hall–Kier alpha value is -3.33. The molecule has 0 aliphatic carbocycles. The molecule has 2 heterocycles. The second-order valence-electron chi connectivity index (χ2n) is 7.73. The first kappa shape index (κ1) is 17.7. The molecular weight excluding hydrogens is 354 g/mol. The monoisotopic (exact) mass is 379 g/mol. The summed E-state index contributed by atoms with van der Waals surface area (Å²) in [7, 11) is 0. The topological polar surface area (TPSA) is 29.9 Å². The molecule has 3 nitrogen and oxygen atoms in total. The van der Waals surface area contributed by atoms with Gasteiger partial charge in [0.2, 0.25) is 0 Å². The number of anilines is 1. The highest BCUT2D eigenvalue weighted by atomic mass is 15.3. The summed E-state index contributed by atoms with van der Waals surface area (Å²) in [6, 6.07) is 30.1. The van der Waals surface area contributed by atoms with E-state index in [-0.39, 0.29) is 0 Å². The molecule has 144 valence electrons. The summed E-state index contributed by atoms with van der Waals surface area (Å²) in [5.41, 5.74) is 7.63. The van der Waals surface area contributed by atoms with E-state index in [1.165, 1.54) is 27.9 Å². The number of aromatic nitrogens is 2. The Balaban J connectivity index is 1.59. The Morgan fingerprint density at radius 3 is 2.14 bits per heavy atom. The van der Waals surface area contributed by atoms with E-state index in [1.807, 2.05) is 0 Å². The molecular formula is C26H25N3. The molecule has 5 rings (SSSR count). The summed E-state index contributed by atoms with van der Waals surface area (Å²) >= 11 is 0. The minimum atomic E-state index is 0.294. The van der Waals surface area contributed by atoms with Crippen molar-refractivity contribution in [2.45, 2.75) is 25.7 Å².